The van der Waals surface area contributed by atoms with Crippen LogP contribution in [0.4, 0.5) is 0 Å². The van der Waals surface area contributed by atoms with E-state index in [1.165, 1.54) is 0 Å². The van der Waals surface area contributed by atoms with E-state index >= 15 is 0 Å². The molecule has 0 unspecified atom stereocenters. The smallest absolute Gasteiger partial charge is 0.0868 e. The van der Waals surface area contributed by atoms with Gasteiger partial charge in [-0.2, -0.15) is 5.26 Å². The molecule has 0 fully saturated rings. The van der Waals surface area contributed by atoms with Gasteiger partial charge in [-0.15, -0.1) is 5.10 Å². The third-order valence-corrected chi connectivity index (χ3v) is 2.37. The topological polar surface area (TPSA) is 80.5 Å². The van der Waals surface area contributed by atoms with Crippen LogP contribution in [-0.2, 0) is 13.0 Å². The summed E-state index contributed by atoms with van der Waals surface area (Å²) in [6, 6.07) is 2.13. The van der Waals surface area contributed by atoms with Crippen LogP contribution in [0.3, 0.4) is 0 Å². The first-order valence-electron chi connectivity index (χ1n) is 5.25. The minimum Gasteiger partial charge on any atom is -0.330 e. The Bertz CT molecular complexity index is 336. The summed E-state index contributed by atoms with van der Waals surface area (Å²) in [6.45, 7) is 3.45. The summed E-state index contributed by atoms with van der Waals surface area (Å²) in [7, 11) is 0. The minimum atomic E-state index is 0.605. The number of aryl methyl sites for hydroxylation is 1. The van der Waals surface area contributed by atoms with Crippen molar-refractivity contribution in [2.75, 3.05) is 6.54 Å². The van der Waals surface area contributed by atoms with Crippen molar-refractivity contribution in [3.63, 3.8) is 0 Å². The van der Waals surface area contributed by atoms with Crippen molar-refractivity contribution in [1.82, 2.24) is 15.0 Å². The van der Waals surface area contributed by atoms with E-state index in [0.717, 1.165) is 37.2 Å². The minimum absolute atomic E-state index is 0.605. The SMILES string of the molecule is Cc1c(CCN)nnn1CCCCC#N. The molecule has 1 aromatic heterocycles. The lowest BCUT2D eigenvalue weighted by atomic mass is 10.2. The number of nitrogens with two attached hydrogens (primary N) is 1. The van der Waals surface area contributed by atoms with Crippen molar-refractivity contribution in [3.8, 4) is 6.07 Å². The lowest BCUT2D eigenvalue weighted by Gasteiger charge is -2.01. The van der Waals surface area contributed by atoms with Crippen LogP contribution >= 0.6 is 0 Å². The van der Waals surface area contributed by atoms with Crippen LogP contribution in [-0.4, -0.2) is 21.5 Å². The molecule has 0 bridgehead atoms. The Hall–Kier alpha value is -1.41. The van der Waals surface area contributed by atoms with Crippen LogP contribution in [0.15, 0.2) is 0 Å². The highest BCUT2D eigenvalue weighted by Gasteiger charge is 2.06. The van der Waals surface area contributed by atoms with Gasteiger partial charge < -0.3 is 5.73 Å². The summed E-state index contributed by atoms with van der Waals surface area (Å²) >= 11 is 0. The van der Waals surface area contributed by atoms with Crippen LogP contribution in [0, 0.1) is 18.3 Å². The molecule has 5 heteroatoms. The van der Waals surface area contributed by atoms with Gasteiger partial charge in [0, 0.05) is 19.4 Å². The molecule has 0 aliphatic rings. The number of hydrogen-bond acceptors (Lipinski definition) is 4. The second-order valence-corrected chi connectivity index (χ2v) is 3.50. The molecule has 1 aromatic rings. The second-order valence-electron chi connectivity index (χ2n) is 3.50. The quantitative estimate of drug-likeness (QED) is 0.699. The fraction of sp³-hybridized carbons (Fsp3) is 0.700. The Morgan fingerprint density at radius 2 is 2.27 bits per heavy atom. The molecular formula is C10H17N5. The number of nitrogens with zero attached hydrogens (tertiary/aromatic N) is 4. The van der Waals surface area contributed by atoms with Gasteiger partial charge in [0.05, 0.1) is 17.5 Å². The highest BCUT2D eigenvalue weighted by Crippen LogP contribution is 2.06. The van der Waals surface area contributed by atoms with Gasteiger partial charge in [-0.25, -0.2) is 4.68 Å². The highest BCUT2D eigenvalue weighted by molar-refractivity contribution is 5.07. The van der Waals surface area contributed by atoms with Gasteiger partial charge in [-0.05, 0) is 26.3 Å². The summed E-state index contributed by atoms with van der Waals surface area (Å²) in [5.41, 5.74) is 7.54. The first kappa shape index (κ1) is 11.7. The molecule has 2 N–H and O–H groups in total. The lowest BCUT2D eigenvalue weighted by molar-refractivity contribution is 0.534. The molecule has 1 rings (SSSR count). The summed E-state index contributed by atoms with van der Waals surface area (Å²) in [5.74, 6) is 0. The average Bonchev–Trinajstić information content (AvgIpc) is 2.57. The van der Waals surface area contributed by atoms with E-state index in [-0.39, 0.29) is 0 Å². The van der Waals surface area contributed by atoms with Crippen LogP contribution in [0.2, 0.25) is 0 Å². The largest absolute Gasteiger partial charge is 0.330 e. The zero-order chi connectivity index (χ0) is 11.1. The fourth-order valence-corrected chi connectivity index (χ4v) is 1.44. The molecular weight excluding hydrogens is 190 g/mol. The Labute approximate surface area is 89.9 Å². The Morgan fingerprint density at radius 1 is 1.47 bits per heavy atom. The first-order valence-corrected chi connectivity index (χ1v) is 5.25. The molecule has 0 saturated carbocycles. The number of aromatic nitrogens is 3. The molecule has 0 atom stereocenters. The van der Waals surface area contributed by atoms with Crippen LogP contribution in [0.25, 0.3) is 0 Å². The first-order chi connectivity index (χ1) is 7.29. The van der Waals surface area contributed by atoms with E-state index in [4.69, 9.17) is 11.0 Å². The standard InChI is InChI=1S/C10H17N5/c1-9-10(5-7-12)13-14-15(9)8-4-2-3-6-11/h2-5,7-8,12H2,1H3. The Balaban J connectivity index is 2.44. The van der Waals surface area contributed by atoms with E-state index in [9.17, 15) is 0 Å². The van der Waals surface area contributed by atoms with Crippen LogP contribution in [0.5, 0.6) is 0 Å². The normalized spacial score (nSPS) is 10.2. The van der Waals surface area contributed by atoms with E-state index in [1.807, 2.05) is 11.6 Å². The van der Waals surface area contributed by atoms with Crippen LogP contribution < -0.4 is 5.73 Å². The number of unbranched alkanes of at least 4 members (excludes halogenated alkanes) is 2. The third kappa shape index (κ3) is 3.33. The highest BCUT2D eigenvalue weighted by atomic mass is 15.4. The second kappa shape index (κ2) is 6.14. The van der Waals surface area contributed by atoms with Gasteiger partial charge in [-0.1, -0.05) is 5.21 Å². The summed E-state index contributed by atoms with van der Waals surface area (Å²) in [4.78, 5) is 0. The van der Waals surface area contributed by atoms with Gasteiger partial charge in [0.2, 0.25) is 0 Å². The molecule has 0 spiro atoms. The lowest BCUT2D eigenvalue weighted by Crippen LogP contribution is -2.06. The predicted molar refractivity (Wildman–Crippen MR) is 57.0 cm³/mol. The molecule has 1 heterocycles. The maximum absolute atomic E-state index is 8.39. The third-order valence-electron chi connectivity index (χ3n) is 2.37. The van der Waals surface area contributed by atoms with E-state index in [0.29, 0.717) is 13.0 Å². The molecule has 0 radical (unpaired) electrons. The van der Waals surface area contributed by atoms with Gasteiger partial charge in [0.15, 0.2) is 0 Å². The van der Waals surface area contributed by atoms with Crippen molar-refractivity contribution in [1.29, 1.82) is 5.26 Å². The molecule has 0 aromatic carbocycles. The van der Waals surface area contributed by atoms with Crippen molar-refractivity contribution >= 4 is 0 Å². The Morgan fingerprint density at radius 3 is 2.93 bits per heavy atom. The monoisotopic (exact) mass is 207 g/mol. The zero-order valence-corrected chi connectivity index (χ0v) is 9.11. The molecule has 15 heavy (non-hydrogen) atoms. The number of rotatable bonds is 6. The van der Waals surface area contributed by atoms with Crippen molar-refractivity contribution in [2.24, 2.45) is 5.73 Å². The van der Waals surface area contributed by atoms with Gasteiger partial charge in [0.1, 0.15) is 0 Å². The fourth-order valence-electron chi connectivity index (χ4n) is 1.44. The van der Waals surface area contributed by atoms with Gasteiger partial charge >= 0.3 is 0 Å². The molecule has 0 saturated heterocycles. The van der Waals surface area contributed by atoms with Gasteiger partial charge in [-0.3, -0.25) is 0 Å². The molecule has 82 valence electrons. The molecule has 0 aliphatic heterocycles. The Kier molecular flexibility index (Phi) is 4.78. The predicted octanol–water partition coefficient (Wildman–Crippen LogP) is 0.782. The van der Waals surface area contributed by atoms with E-state index < -0.39 is 0 Å². The summed E-state index contributed by atoms with van der Waals surface area (Å²) in [6.07, 6.45) is 3.29. The van der Waals surface area contributed by atoms with Crippen molar-refractivity contribution in [3.05, 3.63) is 11.4 Å². The number of nitriles is 1. The molecule has 0 amide bonds. The number of hydrogen-bond donors (Lipinski definition) is 1. The van der Waals surface area contributed by atoms with E-state index in [2.05, 4.69) is 16.4 Å². The summed E-state index contributed by atoms with van der Waals surface area (Å²) in [5, 5.41) is 16.5. The maximum atomic E-state index is 8.39. The van der Waals surface area contributed by atoms with Gasteiger partial charge in [0.25, 0.3) is 0 Å². The maximum Gasteiger partial charge on any atom is 0.0868 e. The molecule has 5 nitrogen and oxygen atoms in total. The van der Waals surface area contributed by atoms with Crippen molar-refractivity contribution in [2.45, 2.75) is 39.2 Å². The van der Waals surface area contributed by atoms with E-state index in [1.54, 1.807) is 0 Å². The molecule has 0 aliphatic carbocycles. The van der Waals surface area contributed by atoms with Crippen LogP contribution in [0.1, 0.15) is 30.7 Å². The zero-order valence-electron chi connectivity index (χ0n) is 9.11. The van der Waals surface area contributed by atoms with Crippen molar-refractivity contribution < 1.29 is 0 Å². The average molecular weight is 207 g/mol. The summed E-state index contributed by atoms with van der Waals surface area (Å²) < 4.78 is 1.89.